The van der Waals surface area contributed by atoms with Crippen molar-refractivity contribution in [2.24, 2.45) is 0 Å². The molecule has 1 saturated carbocycles. The molecule has 3 rings (SSSR count). The molecule has 94 valence electrons. The van der Waals surface area contributed by atoms with E-state index in [1.54, 1.807) is 11.3 Å². The first kappa shape index (κ1) is 12.1. The van der Waals surface area contributed by atoms with Gasteiger partial charge in [-0.2, -0.15) is 0 Å². The second-order valence-electron chi connectivity index (χ2n) is 4.59. The SMILES string of the molecule is Cc1cccc(-c2nnc(CNC3CC3)s2)c1Cl. The van der Waals surface area contributed by atoms with Crippen molar-refractivity contribution in [3.8, 4) is 10.6 Å². The molecule has 2 aromatic rings. The molecule has 0 radical (unpaired) electrons. The van der Waals surface area contributed by atoms with Crippen molar-refractivity contribution < 1.29 is 0 Å². The van der Waals surface area contributed by atoms with Gasteiger partial charge in [-0.15, -0.1) is 10.2 Å². The van der Waals surface area contributed by atoms with Gasteiger partial charge in [0.25, 0.3) is 0 Å². The summed E-state index contributed by atoms with van der Waals surface area (Å²) in [5, 5.41) is 14.6. The average molecular weight is 280 g/mol. The minimum Gasteiger partial charge on any atom is -0.308 e. The third kappa shape index (κ3) is 2.55. The number of nitrogens with zero attached hydrogens (tertiary/aromatic N) is 2. The molecule has 1 aliphatic carbocycles. The molecular weight excluding hydrogens is 266 g/mol. The Morgan fingerprint density at radius 2 is 2.22 bits per heavy atom. The summed E-state index contributed by atoms with van der Waals surface area (Å²) in [6, 6.07) is 6.69. The highest BCUT2D eigenvalue weighted by Crippen LogP contribution is 2.32. The molecule has 1 aliphatic rings. The maximum Gasteiger partial charge on any atom is 0.149 e. The molecule has 3 nitrogen and oxygen atoms in total. The Labute approximate surface area is 115 Å². The maximum atomic E-state index is 6.30. The van der Waals surface area contributed by atoms with E-state index in [-0.39, 0.29) is 0 Å². The van der Waals surface area contributed by atoms with Crippen molar-refractivity contribution in [2.75, 3.05) is 0 Å². The monoisotopic (exact) mass is 279 g/mol. The minimum absolute atomic E-state index is 0.694. The third-order valence-electron chi connectivity index (χ3n) is 3.01. The summed E-state index contributed by atoms with van der Waals surface area (Å²) < 4.78 is 0. The lowest BCUT2D eigenvalue weighted by Gasteiger charge is -2.02. The van der Waals surface area contributed by atoms with Crippen LogP contribution in [0.1, 0.15) is 23.4 Å². The molecule has 1 fully saturated rings. The molecule has 0 atom stereocenters. The highest BCUT2D eigenvalue weighted by molar-refractivity contribution is 7.14. The quantitative estimate of drug-likeness (QED) is 0.932. The largest absolute Gasteiger partial charge is 0.308 e. The molecule has 1 aromatic heterocycles. The summed E-state index contributed by atoms with van der Waals surface area (Å²) in [7, 11) is 0. The fraction of sp³-hybridized carbons (Fsp3) is 0.385. The number of halogens is 1. The van der Waals surface area contributed by atoms with Crippen LogP contribution in [0.2, 0.25) is 5.02 Å². The highest BCUT2D eigenvalue weighted by Gasteiger charge is 2.21. The summed E-state index contributed by atoms with van der Waals surface area (Å²) in [6.45, 7) is 2.81. The van der Waals surface area contributed by atoms with E-state index >= 15 is 0 Å². The Balaban J connectivity index is 1.80. The molecule has 0 unspecified atom stereocenters. The predicted octanol–water partition coefficient (Wildman–Crippen LogP) is 3.42. The predicted molar refractivity (Wildman–Crippen MR) is 75.0 cm³/mol. The second kappa shape index (κ2) is 4.96. The molecule has 0 aliphatic heterocycles. The van der Waals surface area contributed by atoms with Crippen molar-refractivity contribution in [3.63, 3.8) is 0 Å². The normalized spacial score (nSPS) is 15.0. The smallest absolute Gasteiger partial charge is 0.149 e. The van der Waals surface area contributed by atoms with Crippen LogP contribution < -0.4 is 5.32 Å². The number of rotatable bonds is 4. The lowest BCUT2D eigenvalue weighted by molar-refractivity contribution is 0.679. The fourth-order valence-electron chi connectivity index (χ4n) is 1.77. The van der Waals surface area contributed by atoms with Gasteiger partial charge in [0, 0.05) is 18.2 Å². The van der Waals surface area contributed by atoms with Crippen molar-refractivity contribution in [1.82, 2.24) is 15.5 Å². The van der Waals surface area contributed by atoms with Gasteiger partial charge in [0.1, 0.15) is 10.0 Å². The molecule has 0 bridgehead atoms. The third-order valence-corrected chi connectivity index (χ3v) is 4.47. The van der Waals surface area contributed by atoms with Crippen LogP contribution in [0.4, 0.5) is 0 Å². The van der Waals surface area contributed by atoms with Gasteiger partial charge in [-0.05, 0) is 25.3 Å². The van der Waals surface area contributed by atoms with E-state index in [4.69, 9.17) is 11.6 Å². The number of aromatic nitrogens is 2. The van der Waals surface area contributed by atoms with Crippen LogP contribution in [-0.4, -0.2) is 16.2 Å². The fourth-order valence-corrected chi connectivity index (χ4v) is 2.86. The average Bonchev–Trinajstić information content (AvgIpc) is 3.08. The topological polar surface area (TPSA) is 37.8 Å². The molecule has 1 N–H and O–H groups in total. The number of nitrogens with one attached hydrogen (secondary N) is 1. The molecule has 0 spiro atoms. The molecule has 5 heteroatoms. The number of hydrogen-bond donors (Lipinski definition) is 1. The van der Waals surface area contributed by atoms with Crippen LogP contribution in [0, 0.1) is 6.92 Å². The van der Waals surface area contributed by atoms with Crippen LogP contribution in [-0.2, 0) is 6.54 Å². The van der Waals surface area contributed by atoms with Gasteiger partial charge in [-0.25, -0.2) is 0 Å². The van der Waals surface area contributed by atoms with E-state index < -0.39 is 0 Å². The van der Waals surface area contributed by atoms with E-state index in [0.717, 1.165) is 32.7 Å². The summed E-state index contributed by atoms with van der Waals surface area (Å²) in [4.78, 5) is 0. The molecule has 0 saturated heterocycles. The Morgan fingerprint density at radius 3 is 3.00 bits per heavy atom. The Bertz CT molecular complexity index is 563. The van der Waals surface area contributed by atoms with Crippen LogP contribution in [0.25, 0.3) is 10.6 Å². The van der Waals surface area contributed by atoms with Gasteiger partial charge >= 0.3 is 0 Å². The van der Waals surface area contributed by atoms with E-state index in [1.165, 1.54) is 12.8 Å². The first-order valence-corrected chi connectivity index (χ1v) is 7.25. The maximum absolute atomic E-state index is 6.30. The van der Waals surface area contributed by atoms with Crippen molar-refractivity contribution in [1.29, 1.82) is 0 Å². The van der Waals surface area contributed by atoms with Gasteiger partial charge in [-0.1, -0.05) is 41.1 Å². The Kier molecular flexibility index (Phi) is 3.33. The first-order valence-electron chi connectivity index (χ1n) is 6.05. The van der Waals surface area contributed by atoms with Crippen molar-refractivity contribution in [3.05, 3.63) is 33.8 Å². The Hall–Kier alpha value is -0.970. The molecule has 1 aromatic carbocycles. The van der Waals surface area contributed by atoms with Crippen LogP contribution in [0.15, 0.2) is 18.2 Å². The highest BCUT2D eigenvalue weighted by atomic mass is 35.5. The molecular formula is C13H14ClN3S. The zero-order valence-electron chi connectivity index (χ0n) is 10.1. The lowest BCUT2D eigenvalue weighted by atomic mass is 10.1. The van der Waals surface area contributed by atoms with Crippen molar-refractivity contribution in [2.45, 2.75) is 32.4 Å². The van der Waals surface area contributed by atoms with Gasteiger partial charge in [0.15, 0.2) is 0 Å². The summed E-state index contributed by atoms with van der Waals surface area (Å²) in [5.41, 5.74) is 2.05. The molecule has 1 heterocycles. The second-order valence-corrected chi connectivity index (χ2v) is 6.03. The van der Waals surface area contributed by atoms with Gasteiger partial charge < -0.3 is 5.32 Å². The van der Waals surface area contributed by atoms with Crippen LogP contribution in [0.3, 0.4) is 0 Å². The van der Waals surface area contributed by atoms with E-state index in [1.807, 2.05) is 25.1 Å². The molecule has 18 heavy (non-hydrogen) atoms. The van der Waals surface area contributed by atoms with E-state index in [0.29, 0.717) is 6.04 Å². The summed E-state index contributed by atoms with van der Waals surface area (Å²) >= 11 is 7.91. The van der Waals surface area contributed by atoms with E-state index in [9.17, 15) is 0 Å². The zero-order chi connectivity index (χ0) is 12.5. The van der Waals surface area contributed by atoms with Crippen LogP contribution >= 0.6 is 22.9 Å². The lowest BCUT2D eigenvalue weighted by Crippen LogP contribution is -2.14. The van der Waals surface area contributed by atoms with Gasteiger partial charge in [0.2, 0.25) is 0 Å². The minimum atomic E-state index is 0.694. The zero-order valence-corrected chi connectivity index (χ0v) is 11.7. The number of hydrogen-bond acceptors (Lipinski definition) is 4. The number of benzene rings is 1. The van der Waals surface area contributed by atoms with Gasteiger partial charge in [-0.3, -0.25) is 0 Å². The summed E-state index contributed by atoms with van der Waals surface area (Å²) in [5.74, 6) is 0. The van der Waals surface area contributed by atoms with Crippen LogP contribution in [0.5, 0.6) is 0 Å². The molecule has 0 amide bonds. The standard InChI is InChI=1S/C13H14ClN3S/c1-8-3-2-4-10(12(8)14)13-17-16-11(18-13)7-15-9-5-6-9/h2-4,9,15H,5-7H2,1H3. The van der Waals surface area contributed by atoms with Crippen molar-refractivity contribution >= 4 is 22.9 Å². The number of aryl methyl sites for hydroxylation is 1. The van der Waals surface area contributed by atoms with E-state index in [2.05, 4.69) is 15.5 Å². The van der Waals surface area contributed by atoms with Gasteiger partial charge in [0.05, 0.1) is 5.02 Å². The first-order chi connectivity index (χ1) is 8.74. The Morgan fingerprint density at radius 1 is 1.39 bits per heavy atom. The summed E-state index contributed by atoms with van der Waals surface area (Å²) in [6.07, 6.45) is 2.57.